The normalized spacial score (nSPS) is 11.1. The summed E-state index contributed by atoms with van der Waals surface area (Å²) in [5.41, 5.74) is 2.66. The molecule has 90 valence electrons. The molecule has 0 aliphatic carbocycles. The van der Waals surface area contributed by atoms with Crippen molar-refractivity contribution in [1.82, 2.24) is 5.32 Å². The lowest BCUT2D eigenvalue weighted by molar-refractivity contribution is 0.322. The van der Waals surface area contributed by atoms with Gasteiger partial charge in [0.25, 0.3) is 0 Å². The molecule has 0 bridgehead atoms. The van der Waals surface area contributed by atoms with Crippen molar-refractivity contribution in [3.8, 4) is 0 Å². The van der Waals surface area contributed by atoms with Gasteiger partial charge in [0.1, 0.15) is 0 Å². The van der Waals surface area contributed by atoms with Crippen LogP contribution in [0.4, 0.5) is 0 Å². The first kappa shape index (κ1) is 13.6. The first-order valence-electron chi connectivity index (χ1n) is 5.70. The van der Waals surface area contributed by atoms with E-state index in [0.717, 1.165) is 12.3 Å². The highest BCUT2D eigenvalue weighted by Crippen LogP contribution is 2.21. The highest BCUT2D eigenvalue weighted by atomic mass is 32.2. The van der Waals surface area contributed by atoms with Gasteiger partial charge >= 0.3 is 0 Å². The molecule has 0 aliphatic rings. The number of hydrogen-bond acceptors (Lipinski definition) is 3. The Morgan fingerprint density at radius 1 is 1.38 bits per heavy atom. The summed E-state index contributed by atoms with van der Waals surface area (Å²) in [6, 6.07) is 7.01. The molecule has 2 N–H and O–H groups in total. The quantitative estimate of drug-likeness (QED) is 0.748. The van der Waals surface area contributed by atoms with Crippen LogP contribution in [0.2, 0.25) is 0 Å². The fourth-order valence-corrected chi connectivity index (χ4v) is 2.19. The molecule has 0 unspecified atom stereocenters. The molecule has 1 aromatic carbocycles. The number of thioether (sulfide) groups is 1. The molecule has 16 heavy (non-hydrogen) atoms. The minimum Gasteiger partial charge on any atom is -0.396 e. The average Bonchev–Trinajstić information content (AvgIpc) is 2.24. The van der Waals surface area contributed by atoms with Gasteiger partial charge in [-0.25, -0.2) is 0 Å². The van der Waals surface area contributed by atoms with Crippen LogP contribution in [0.1, 0.15) is 25.0 Å². The van der Waals surface area contributed by atoms with E-state index in [9.17, 15) is 0 Å². The van der Waals surface area contributed by atoms with Crippen molar-refractivity contribution in [2.75, 3.05) is 12.4 Å². The number of rotatable bonds is 6. The molecule has 0 atom stereocenters. The van der Waals surface area contributed by atoms with Crippen LogP contribution in [0.15, 0.2) is 23.1 Å². The standard InChI is InChI=1S/C13H21NOS/c1-10(2)14-9-12-4-5-13(8-11(12)3)16-7-6-15/h4-5,8,10,14-15H,6-7,9H2,1-3H3. The molecule has 0 saturated carbocycles. The van der Waals surface area contributed by atoms with Gasteiger partial charge in [0, 0.05) is 23.2 Å². The lowest BCUT2D eigenvalue weighted by Gasteiger charge is -2.11. The van der Waals surface area contributed by atoms with E-state index >= 15 is 0 Å². The average molecular weight is 239 g/mol. The van der Waals surface area contributed by atoms with E-state index in [1.807, 2.05) is 0 Å². The minimum atomic E-state index is 0.236. The summed E-state index contributed by atoms with van der Waals surface area (Å²) >= 11 is 1.70. The fraction of sp³-hybridized carbons (Fsp3) is 0.538. The summed E-state index contributed by atoms with van der Waals surface area (Å²) in [5.74, 6) is 0.767. The molecule has 3 heteroatoms. The number of aliphatic hydroxyl groups is 1. The van der Waals surface area contributed by atoms with Crippen molar-refractivity contribution in [3.63, 3.8) is 0 Å². The Labute approximate surface area is 102 Å². The van der Waals surface area contributed by atoms with E-state index < -0.39 is 0 Å². The second-order valence-electron chi connectivity index (χ2n) is 4.20. The third-order valence-corrected chi connectivity index (χ3v) is 3.35. The van der Waals surface area contributed by atoms with E-state index in [-0.39, 0.29) is 6.61 Å². The zero-order valence-electron chi connectivity index (χ0n) is 10.3. The second kappa shape index (κ2) is 6.94. The van der Waals surface area contributed by atoms with E-state index in [1.54, 1.807) is 11.8 Å². The molecule has 0 radical (unpaired) electrons. The molecule has 0 amide bonds. The van der Waals surface area contributed by atoms with E-state index in [0.29, 0.717) is 6.04 Å². The maximum absolute atomic E-state index is 8.77. The predicted molar refractivity (Wildman–Crippen MR) is 71.0 cm³/mol. The number of nitrogens with one attached hydrogen (secondary N) is 1. The monoisotopic (exact) mass is 239 g/mol. The number of benzene rings is 1. The van der Waals surface area contributed by atoms with Crippen LogP contribution >= 0.6 is 11.8 Å². The van der Waals surface area contributed by atoms with Crippen LogP contribution in [0.3, 0.4) is 0 Å². The maximum atomic E-state index is 8.77. The Kier molecular flexibility index (Phi) is 5.88. The lowest BCUT2D eigenvalue weighted by Crippen LogP contribution is -2.22. The molecular formula is C13H21NOS. The predicted octanol–water partition coefficient (Wildman–Crippen LogP) is 2.58. The van der Waals surface area contributed by atoms with Crippen molar-refractivity contribution < 1.29 is 5.11 Å². The summed E-state index contributed by atoms with van der Waals surface area (Å²) in [5, 5.41) is 12.2. The van der Waals surface area contributed by atoms with Crippen molar-refractivity contribution in [3.05, 3.63) is 29.3 Å². The Hall–Kier alpha value is -0.510. The summed E-state index contributed by atoms with van der Waals surface area (Å²) in [7, 11) is 0. The summed E-state index contributed by atoms with van der Waals surface area (Å²) in [6.45, 7) is 7.61. The molecule has 0 fully saturated rings. The first-order valence-corrected chi connectivity index (χ1v) is 6.68. The molecule has 0 heterocycles. The molecule has 0 aromatic heterocycles. The van der Waals surface area contributed by atoms with Gasteiger partial charge in [-0.1, -0.05) is 19.9 Å². The summed E-state index contributed by atoms with van der Waals surface area (Å²) in [4.78, 5) is 1.24. The topological polar surface area (TPSA) is 32.3 Å². The van der Waals surface area contributed by atoms with Gasteiger partial charge < -0.3 is 10.4 Å². The van der Waals surface area contributed by atoms with Gasteiger partial charge in [0.05, 0.1) is 6.61 Å². The van der Waals surface area contributed by atoms with E-state index in [2.05, 4.69) is 44.3 Å². The van der Waals surface area contributed by atoms with Crippen molar-refractivity contribution in [2.24, 2.45) is 0 Å². The lowest BCUT2D eigenvalue weighted by atomic mass is 10.1. The fourth-order valence-electron chi connectivity index (χ4n) is 1.43. The number of hydrogen-bond donors (Lipinski definition) is 2. The molecule has 0 spiro atoms. The van der Waals surface area contributed by atoms with Gasteiger partial charge in [-0.2, -0.15) is 0 Å². The van der Waals surface area contributed by atoms with Gasteiger partial charge in [0.15, 0.2) is 0 Å². The SMILES string of the molecule is Cc1cc(SCCO)ccc1CNC(C)C. The molecule has 2 nitrogen and oxygen atoms in total. The Balaban J connectivity index is 2.60. The molecule has 1 aromatic rings. The van der Waals surface area contributed by atoms with Crippen molar-refractivity contribution in [1.29, 1.82) is 0 Å². The van der Waals surface area contributed by atoms with E-state index in [1.165, 1.54) is 16.0 Å². The van der Waals surface area contributed by atoms with Crippen molar-refractivity contribution >= 4 is 11.8 Å². The van der Waals surface area contributed by atoms with Crippen molar-refractivity contribution in [2.45, 2.75) is 38.3 Å². The van der Waals surface area contributed by atoms with Crippen LogP contribution in [0.25, 0.3) is 0 Å². The smallest absolute Gasteiger partial charge is 0.0525 e. The first-order chi connectivity index (χ1) is 7.63. The zero-order chi connectivity index (χ0) is 12.0. The van der Waals surface area contributed by atoms with Gasteiger partial charge in [-0.05, 0) is 30.2 Å². The van der Waals surface area contributed by atoms with Crippen LogP contribution in [-0.2, 0) is 6.54 Å². The van der Waals surface area contributed by atoms with Gasteiger partial charge in [-0.3, -0.25) is 0 Å². The van der Waals surface area contributed by atoms with Crippen LogP contribution in [0, 0.1) is 6.92 Å². The zero-order valence-corrected chi connectivity index (χ0v) is 11.1. The van der Waals surface area contributed by atoms with Gasteiger partial charge in [-0.15, -0.1) is 11.8 Å². The Bertz CT molecular complexity index is 326. The van der Waals surface area contributed by atoms with Crippen LogP contribution in [0.5, 0.6) is 0 Å². The Morgan fingerprint density at radius 3 is 2.69 bits per heavy atom. The number of aliphatic hydroxyl groups excluding tert-OH is 1. The van der Waals surface area contributed by atoms with Crippen LogP contribution in [-0.4, -0.2) is 23.5 Å². The molecule has 0 saturated heterocycles. The highest BCUT2D eigenvalue weighted by Gasteiger charge is 2.01. The summed E-state index contributed by atoms with van der Waals surface area (Å²) < 4.78 is 0. The summed E-state index contributed by atoms with van der Waals surface area (Å²) in [6.07, 6.45) is 0. The molecule has 1 rings (SSSR count). The third-order valence-electron chi connectivity index (χ3n) is 2.37. The molecular weight excluding hydrogens is 218 g/mol. The highest BCUT2D eigenvalue weighted by molar-refractivity contribution is 7.99. The van der Waals surface area contributed by atoms with Gasteiger partial charge in [0.2, 0.25) is 0 Å². The number of aryl methyl sites for hydroxylation is 1. The largest absolute Gasteiger partial charge is 0.396 e. The second-order valence-corrected chi connectivity index (χ2v) is 5.36. The van der Waals surface area contributed by atoms with Crippen LogP contribution < -0.4 is 5.32 Å². The maximum Gasteiger partial charge on any atom is 0.0525 e. The molecule has 0 aliphatic heterocycles. The minimum absolute atomic E-state index is 0.236. The Morgan fingerprint density at radius 2 is 2.12 bits per heavy atom. The van der Waals surface area contributed by atoms with E-state index in [4.69, 9.17) is 5.11 Å². The third kappa shape index (κ3) is 4.56.